The molecule has 2 amide bonds. The summed E-state index contributed by atoms with van der Waals surface area (Å²) in [5.41, 5.74) is 2.19. The zero-order valence-corrected chi connectivity index (χ0v) is 23.3. The Balaban J connectivity index is 1.26. The molecule has 0 radical (unpaired) electrons. The fourth-order valence-corrected chi connectivity index (χ4v) is 6.34. The van der Waals surface area contributed by atoms with E-state index < -0.39 is 5.41 Å². The number of hydrogen-bond donors (Lipinski definition) is 2. The number of carbonyl (C=O) groups excluding carboxylic acids is 2. The monoisotopic (exact) mass is 543 g/mol. The van der Waals surface area contributed by atoms with Gasteiger partial charge in [-0.3, -0.25) is 9.59 Å². The summed E-state index contributed by atoms with van der Waals surface area (Å²) in [5.74, 6) is 0.715. The second-order valence-electron chi connectivity index (χ2n) is 11.2. The number of amides is 2. The number of hydrogen-bond acceptors (Lipinski definition) is 4. The molecule has 1 saturated heterocycles. The average Bonchev–Trinajstić information content (AvgIpc) is 3.70. The lowest BCUT2D eigenvalue weighted by molar-refractivity contribution is -0.124. The van der Waals surface area contributed by atoms with E-state index in [1.54, 1.807) is 26.2 Å². The van der Waals surface area contributed by atoms with Crippen molar-refractivity contribution < 1.29 is 18.7 Å². The van der Waals surface area contributed by atoms with Gasteiger partial charge in [0.15, 0.2) is 0 Å². The smallest absolute Gasteiger partial charge is 0.231 e. The third-order valence-electron chi connectivity index (χ3n) is 8.66. The highest BCUT2D eigenvalue weighted by Crippen LogP contribution is 2.55. The van der Waals surface area contributed by atoms with Crippen molar-refractivity contribution in [3.8, 4) is 5.75 Å². The summed E-state index contributed by atoms with van der Waals surface area (Å²) in [5, 5.41) is 6.42. The van der Waals surface area contributed by atoms with Crippen LogP contribution in [0.2, 0.25) is 0 Å². The highest BCUT2D eigenvalue weighted by molar-refractivity contribution is 5.92. The lowest BCUT2D eigenvalue weighted by atomic mass is 9.80. The van der Waals surface area contributed by atoms with E-state index in [0.29, 0.717) is 13.0 Å². The van der Waals surface area contributed by atoms with Gasteiger partial charge in [0.05, 0.1) is 18.1 Å². The van der Waals surface area contributed by atoms with E-state index in [-0.39, 0.29) is 29.1 Å². The Morgan fingerprint density at radius 3 is 2.25 bits per heavy atom. The molecule has 210 valence electrons. The maximum Gasteiger partial charge on any atom is 0.231 e. The molecule has 40 heavy (non-hydrogen) atoms. The van der Waals surface area contributed by atoms with Gasteiger partial charge in [0.2, 0.25) is 11.8 Å². The minimum Gasteiger partial charge on any atom is -0.497 e. The molecule has 6 nitrogen and oxygen atoms in total. The zero-order chi connectivity index (χ0) is 28.2. The van der Waals surface area contributed by atoms with Gasteiger partial charge in [-0.25, -0.2) is 4.39 Å². The van der Waals surface area contributed by atoms with E-state index in [1.807, 2.05) is 42.5 Å². The summed E-state index contributed by atoms with van der Waals surface area (Å²) in [6, 6.07) is 24.5. The standard InChI is InChI=1S/C33H38FN3O3/c1-24(38)36-32(26-6-4-3-5-7-26)17-20-37(21-18-32)23-28-22-33(28,27-10-14-30(40-2)15-11-27)31(39)35-19-16-25-8-12-29(34)13-9-25/h3-15,28H,16-23H2,1-2H3,(H,35,39)(H,36,38). The summed E-state index contributed by atoms with van der Waals surface area (Å²) >= 11 is 0. The maximum absolute atomic E-state index is 13.7. The van der Waals surface area contributed by atoms with Crippen LogP contribution in [0, 0.1) is 11.7 Å². The molecule has 3 aromatic carbocycles. The van der Waals surface area contributed by atoms with Crippen LogP contribution in [0.4, 0.5) is 4.39 Å². The van der Waals surface area contributed by atoms with Crippen molar-refractivity contribution in [2.75, 3.05) is 33.3 Å². The van der Waals surface area contributed by atoms with Gasteiger partial charge in [0, 0.05) is 33.1 Å². The predicted octanol–water partition coefficient (Wildman–Crippen LogP) is 4.58. The molecule has 0 bridgehead atoms. The molecule has 2 fully saturated rings. The Morgan fingerprint density at radius 2 is 1.62 bits per heavy atom. The van der Waals surface area contributed by atoms with Crippen LogP contribution in [0.25, 0.3) is 0 Å². The average molecular weight is 544 g/mol. The van der Waals surface area contributed by atoms with Crippen molar-refractivity contribution in [3.05, 3.63) is 101 Å². The van der Waals surface area contributed by atoms with Gasteiger partial charge in [0.25, 0.3) is 0 Å². The van der Waals surface area contributed by atoms with E-state index in [1.165, 1.54) is 12.1 Å². The minimum absolute atomic E-state index is 0.0182. The molecule has 0 spiro atoms. The third-order valence-corrected chi connectivity index (χ3v) is 8.66. The number of methoxy groups -OCH3 is 1. The lowest BCUT2D eigenvalue weighted by Gasteiger charge is -2.43. The van der Waals surface area contributed by atoms with E-state index in [0.717, 1.165) is 61.3 Å². The van der Waals surface area contributed by atoms with Crippen molar-refractivity contribution in [1.82, 2.24) is 15.5 Å². The Labute approximate surface area is 235 Å². The molecule has 1 aliphatic heterocycles. The molecule has 2 atom stereocenters. The topological polar surface area (TPSA) is 70.7 Å². The van der Waals surface area contributed by atoms with Gasteiger partial charge in [0.1, 0.15) is 11.6 Å². The van der Waals surface area contributed by atoms with E-state index >= 15 is 0 Å². The largest absolute Gasteiger partial charge is 0.497 e. The van der Waals surface area contributed by atoms with Gasteiger partial charge >= 0.3 is 0 Å². The first-order valence-corrected chi connectivity index (χ1v) is 14.1. The highest BCUT2D eigenvalue weighted by atomic mass is 19.1. The molecule has 3 aromatic rings. The number of benzene rings is 3. The summed E-state index contributed by atoms with van der Waals surface area (Å²) < 4.78 is 18.6. The number of rotatable bonds is 10. The molecular formula is C33H38FN3O3. The second-order valence-corrected chi connectivity index (χ2v) is 11.2. The van der Waals surface area contributed by atoms with E-state index in [9.17, 15) is 14.0 Å². The molecule has 1 aliphatic carbocycles. The first-order valence-electron chi connectivity index (χ1n) is 14.1. The van der Waals surface area contributed by atoms with E-state index in [4.69, 9.17) is 4.74 Å². The Morgan fingerprint density at radius 1 is 0.950 bits per heavy atom. The molecule has 1 saturated carbocycles. The predicted molar refractivity (Wildman–Crippen MR) is 154 cm³/mol. The number of likely N-dealkylation sites (tertiary alicyclic amines) is 1. The fourth-order valence-electron chi connectivity index (χ4n) is 6.34. The van der Waals surface area contributed by atoms with Gasteiger partial charge in [-0.15, -0.1) is 0 Å². The summed E-state index contributed by atoms with van der Waals surface area (Å²) in [4.78, 5) is 28.3. The van der Waals surface area contributed by atoms with Crippen molar-refractivity contribution in [2.24, 2.45) is 5.92 Å². The first-order chi connectivity index (χ1) is 19.3. The number of halogens is 1. The van der Waals surface area contributed by atoms with Crippen molar-refractivity contribution in [1.29, 1.82) is 0 Å². The van der Waals surface area contributed by atoms with Crippen LogP contribution >= 0.6 is 0 Å². The first kappa shape index (κ1) is 27.8. The summed E-state index contributed by atoms with van der Waals surface area (Å²) in [6.45, 7) is 4.59. The fraction of sp³-hybridized carbons (Fsp3) is 0.394. The van der Waals surface area contributed by atoms with Crippen LogP contribution in [0.15, 0.2) is 78.9 Å². The molecule has 7 heteroatoms. The van der Waals surface area contributed by atoms with E-state index in [2.05, 4.69) is 27.7 Å². The van der Waals surface area contributed by atoms with Crippen LogP contribution in [0.1, 0.15) is 42.9 Å². The highest BCUT2D eigenvalue weighted by Gasteiger charge is 2.61. The Bertz CT molecular complexity index is 1310. The number of carbonyl (C=O) groups is 2. The minimum atomic E-state index is -0.583. The molecule has 0 aromatic heterocycles. The van der Waals surface area contributed by atoms with Gasteiger partial charge in [-0.1, -0.05) is 54.6 Å². The molecular weight excluding hydrogens is 505 g/mol. The number of piperidine rings is 1. The van der Waals surface area contributed by atoms with Crippen molar-refractivity contribution in [2.45, 2.75) is 43.6 Å². The molecule has 2 unspecified atom stereocenters. The second kappa shape index (κ2) is 11.8. The Kier molecular flexibility index (Phi) is 8.22. The van der Waals surface area contributed by atoms with Gasteiger partial charge < -0.3 is 20.3 Å². The zero-order valence-electron chi connectivity index (χ0n) is 23.3. The number of nitrogens with one attached hydrogen (secondary N) is 2. The third kappa shape index (κ3) is 5.89. The quantitative estimate of drug-likeness (QED) is 0.393. The molecule has 5 rings (SSSR count). The van der Waals surface area contributed by atoms with Gasteiger partial charge in [-0.2, -0.15) is 0 Å². The number of ether oxygens (including phenoxy) is 1. The summed E-state index contributed by atoms with van der Waals surface area (Å²) in [7, 11) is 1.64. The lowest BCUT2D eigenvalue weighted by Crippen LogP contribution is -2.53. The van der Waals surface area contributed by atoms with Crippen LogP contribution < -0.4 is 15.4 Å². The SMILES string of the molecule is COc1ccc(C2(C(=O)NCCc3ccc(F)cc3)CC2CN2CCC(NC(C)=O)(c3ccccc3)CC2)cc1. The van der Waals surface area contributed by atoms with Gasteiger partial charge in [-0.05, 0) is 72.6 Å². The van der Waals surface area contributed by atoms with Crippen LogP contribution in [0.5, 0.6) is 5.75 Å². The van der Waals surface area contributed by atoms with Crippen LogP contribution in [-0.2, 0) is 27.0 Å². The van der Waals surface area contributed by atoms with Crippen molar-refractivity contribution >= 4 is 11.8 Å². The maximum atomic E-state index is 13.7. The molecule has 2 aliphatic rings. The van der Waals surface area contributed by atoms with Crippen molar-refractivity contribution in [3.63, 3.8) is 0 Å². The molecule has 2 N–H and O–H groups in total. The Hall–Kier alpha value is -3.71. The van der Waals surface area contributed by atoms with Crippen LogP contribution in [0.3, 0.4) is 0 Å². The normalized spacial score (nSPS) is 21.8. The van der Waals surface area contributed by atoms with Crippen LogP contribution in [-0.4, -0.2) is 50.0 Å². The number of nitrogens with zero attached hydrogens (tertiary/aromatic N) is 1. The molecule has 1 heterocycles. The summed E-state index contributed by atoms with van der Waals surface area (Å²) in [6.07, 6.45) is 3.07.